The van der Waals surface area contributed by atoms with Crippen LogP contribution < -0.4 is 5.32 Å². The Hall–Kier alpha value is -2.97. The smallest absolute Gasteiger partial charge is 0.407 e. The molecule has 2 aromatic carbocycles. The van der Waals surface area contributed by atoms with E-state index in [2.05, 4.69) is 5.32 Å². The maximum absolute atomic E-state index is 13.7. The molecule has 38 heavy (non-hydrogen) atoms. The molecule has 2 aromatic rings. The van der Waals surface area contributed by atoms with Crippen molar-refractivity contribution in [2.75, 3.05) is 26.3 Å². The van der Waals surface area contributed by atoms with Gasteiger partial charge in [0.25, 0.3) is 0 Å². The van der Waals surface area contributed by atoms with Gasteiger partial charge in [-0.2, -0.15) is 9.57 Å². The van der Waals surface area contributed by atoms with E-state index in [1.807, 2.05) is 36.4 Å². The highest BCUT2D eigenvalue weighted by atomic mass is 32.2. The molecule has 1 saturated carbocycles. The lowest BCUT2D eigenvalue weighted by Crippen LogP contribution is -2.51. The first-order valence-electron chi connectivity index (χ1n) is 13.1. The fourth-order valence-corrected chi connectivity index (χ4v) is 6.57. The van der Waals surface area contributed by atoms with E-state index in [1.54, 1.807) is 0 Å². The zero-order valence-corrected chi connectivity index (χ0v) is 22.2. The Labute approximate surface area is 224 Å². The summed E-state index contributed by atoms with van der Waals surface area (Å²) in [6.07, 6.45) is 2.65. The van der Waals surface area contributed by atoms with E-state index in [-0.39, 0.29) is 30.0 Å². The molecular formula is C28H35N3O6S. The number of nitrogens with one attached hydrogen (secondary N) is 1. The number of nitriles is 1. The van der Waals surface area contributed by atoms with Gasteiger partial charge in [-0.1, -0.05) is 43.2 Å². The molecule has 204 valence electrons. The Kier molecular flexibility index (Phi) is 9.74. The maximum Gasteiger partial charge on any atom is 0.407 e. The second-order valence-corrected chi connectivity index (χ2v) is 11.9. The molecule has 1 saturated heterocycles. The van der Waals surface area contributed by atoms with Gasteiger partial charge in [0.15, 0.2) is 0 Å². The van der Waals surface area contributed by atoms with E-state index in [0.717, 1.165) is 31.2 Å². The average molecular weight is 542 g/mol. The minimum atomic E-state index is -3.96. The molecule has 1 aliphatic carbocycles. The van der Waals surface area contributed by atoms with Crippen molar-refractivity contribution in [3.05, 3.63) is 65.7 Å². The van der Waals surface area contributed by atoms with Crippen LogP contribution in [0.5, 0.6) is 0 Å². The number of sulfonamides is 1. The molecule has 0 aromatic heterocycles. The number of alkyl carbamates (subject to hydrolysis) is 1. The number of benzene rings is 2. The molecule has 9 nitrogen and oxygen atoms in total. The topological polar surface area (TPSA) is 129 Å². The van der Waals surface area contributed by atoms with Gasteiger partial charge < -0.3 is 19.9 Å². The monoisotopic (exact) mass is 541 g/mol. The molecule has 0 spiro atoms. The van der Waals surface area contributed by atoms with Crippen molar-refractivity contribution in [3.63, 3.8) is 0 Å². The van der Waals surface area contributed by atoms with Gasteiger partial charge in [0.2, 0.25) is 10.0 Å². The van der Waals surface area contributed by atoms with Crippen LogP contribution in [0.25, 0.3) is 0 Å². The summed E-state index contributed by atoms with van der Waals surface area (Å²) in [6, 6.07) is 16.4. The van der Waals surface area contributed by atoms with Crippen molar-refractivity contribution >= 4 is 16.1 Å². The summed E-state index contributed by atoms with van der Waals surface area (Å²) in [5.74, 6) is 0.197. The highest BCUT2D eigenvalue weighted by Gasteiger charge is 2.33. The van der Waals surface area contributed by atoms with Crippen molar-refractivity contribution in [2.24, 2.45) is 5.92 Å². The zero-order chi connectivity index (χ0) is 27.0. The standard InChI is InChI=1S/C28H35N3O6S/c29-17-22-10-12-25(13-11-22)38(34,35)31(18-23-8-4-5-9-23)19-27(32)26(16-21-6-2-1-3-7-21)30-28(33)37-24-14-15-36-20-24/h1-3,6-7,10-13,23-24,26-27,32H,4-5,8-9,14-16,18-20H2,(H,30,33)/t24-,26+,27-/m1/s1. The number of hydrogen-bond donors (Lipinski definition) is 2. The van der Waals surface area contributed by atoms with Gasteiger partial charge in [-0.25, -0.2) is 13.2 Å². The minimum absolute atomic E-state index is 0.0647. The first-order chi connectivity index (χ1) is 18.3. The van der Waals surface area contributed by atoms with E-state index in [9.17, 15) is 18.3 Å². The number of aliphatic hydroxyl groups is 1. The molecule has 1 amide bonds. The fraction of sp³-hybridized carbons (Fsp3) is 0.500. The molecule has 1 heterocycles. The summed E-state index contributed by atoms with van der Waals surface area (Å²) in [4.78, 5) is 12.8. The van der Waals surface area contributed by atoms with E-state index >= 15 is 0 Å². The number of hydrogen-bond acceptors (Lipinski definition) is 7. The van der Waals surface area contributed by atoms with Crippen LogP contribution in [-0.2, 0) is 25.9 Å². The predicted molar refractivity (Wildman–Crippen MR) is 141 cm³/mol. The zero-order valence-electron chi connectivity index (χ0n) is 21.4. The fourth-order valence-electron chi connectivity index (χ4n) is 5.03. The molecule has 4 rings (SSSR count). The highest BCUT2D eigenvalue weighted by Crippen LogP contribution is 2.28. The van der Waals surface area contributed by atoms with Crippen LogP contribution in [0.2, 0.25) is 0 Å². The van der Waals surface area contributed by atoms with E-state index < -0.39 is 28.3 Å². The molecule has 2 N–H and O–H groups in total. The maximum atomic E-state index is 13.7. The number of ether oxygens (including phenoxy) is 2. The predicted octanol–water partition coefficient (Wildman–Crippen LogP) is 3.23. The Morgan fingerprint density at radius 1 is 1.13 bits per heavy atom. The largest absolute Gasteiger partial charge is 0.444 e. The average Bonchev–Trinajstić information content (AvgIpc) is 3.63. The van der Waals surface area contributed by atoms with Gasteiger partial charge in [-0.3, -0.25) is 0 Å². The van der Waals surface area contributed by atoms with E-state index in [0.29, 0.717) is 31.6 Å². The number of aliphatic hydroxyl groups excluding tert-OH is 1. The third-order valence-electron chi connectivity index (χ3n) is 7.18. The molecule has 2 aliphatic rings. The van der Waals surface area contributed by atoms with Crippen LogP contribution in [0, 0.1) is 17.2 Å². The second kappa shape index (κ2) is 13.2. The molecular weight excluding hydrogens is 506 g/mol. The molecule has 0 unspecified atom stereocenters. The lowest BCUT2D eigenvalue weighted by Gasteiger charge is -2.31. The minimum Gasteiger partial charge on any atom is -0.444 e. The van der Waals surface area contributed by atoms with E-state index in [1.165, 1.54) is 28.6 Å². The van der Waals surface area contributed by atoms with Gasteiger partial charge in [-0.15, -0.1) is 0 Å². The third-order valence-corrected chi connectivity index (χ3v) is 9.02. The second-order valence-electron chi connectivity index (χ2n) is 10.0. The lowest BCUT2D eigenvalue weighted by molar-refractivity contribution is 0.0641. The van der Waals surface area contributed by atoms with Gasteiger partial charge in [-0.05, 0) is 55.0 Å². The van der Waals surface area contributed by atoms with Crippen molar-refractivity contribution < 1.29 is 27.8 Å². The van der Waals surface area contributed by atoms with E-state index in [4.69, 9.17) is 14.7 Å². The summed E-state index contributed by atoms with van der Waals surface area (Å²) < 4.78 is 39.4. The van der Waals surface area contributed by atoms with Crippen molar-refractivity contribution in [2.45, 2.75) is 61.7 Å². The third kappa shape index (κ3) is 7.54. The van der Waals surface area contributed by atoms with Crippen LogP contribution in [0.15, 0.2) is 59.5 Å². The summed E-state index contributed by atoms with van der Waals surface area (Å²) in [5.41, 5.74) is 1.25. The first kappa shape index (κ1) is 28.0. The number of carbonyl (C=O) groups excluding carboxylic acids is 1. The van der Waals surface area contributed by atoms with Crippen molar-refractivity contribution in [1.82, 2.24) is 9.62 Å². The Morgan fingerprint density at radius 3 is 2.47 bits per heavy atom. The van der Waals surface area contributed by atoms with Crippen molar-refractivity contribution in [1.29, 1.82) is 5.26 Å². The lowest BCUT2D eigenvalue weighted by atomic mass is 10.0. The van der Waals surface area contributed by atoms with Crippen LogP contribution in [0.1, 0.15) is 43.2 Å². The number of rotatable bonds is 11. The Morgan fingerprint density at radius 2 is 1.84 bits per heavy atom. The summed E-state index contributed by atoms with van der Waals surface area (Å²) >= 11 is 0. The molecule has 0 bridgehead atoms. The van der Waals surface area contributed by atoms with Crippen LogP contribution in [0.4, 0.5) is 4.79 Å². The Bertz CT molecular complexity index is 1190. The SMILES string of the molecule is N#Cc1ccc(S(=O)(=O)N(CC2CCCC2)C[C@@H](O)[C@H](Cc2ccccc2)NC(=O)O[C@@H]2CCOC2)cc1. The summed E-state index contributed by atoms with van der Waals surface area (Å²) in [7, 11) is -3.96. The van der Waals surface area contributed by atoms with Gasteiger partial charge in [0.05, 0.1) is 41.9 Å². The van der Waals surface area contributed by atoms with Crippen molar-refractivity contribution in [3.8, 4) is 6.07 Å². The van der Waals surface area contributed by atoms with Crippen LogP contribution in [0.3, 0.4) is 0 Å². The van der Waals surface area contributed by atoms with Gasteiger partial charge in [0.1, 0.15) is 6.10 Å². The van der Waals surface area contributed by atoms with Gasteiger partial charge in [0, 0.05) is 19.5 Å². The Balaban J connectivity index is 1.54. The molecule has 1 aliphatic heterocycles. The van der Waals surface area contributed by atoms with Crippen LogP contribution in [-0.4, -0.2) is 68.5 Å². The highest BCUT2D eigenvalue weighted by molar-refractivity contribution is 7.89. The summed E-state index contributed by atoms with van der Waals surface area (Å²) in [6.45, 7) is 0.944. The molecule has 10 heteroatoms. The first-order valence-corrected chi connectivity index (χ1v) is 14.6. The summed E-state index contributed by atoms with van der Waals surface area (Å²) in [5, 5.41) is 23.2. The number of carbonyl (C=O) groups is 1. The molecule has 0 radical (unpaired) electrons. The van der Waals surface area contributed by atoms with Gasteiger partial charge >= 0.3 is 6.09 Å². The van der Waals surface area contributed by atoms with Crippen LogP contribution >= 0.6 is 0 Å². The molecule has 2 fully saturated rings. The molecule has 3 atom stereocenters. The quantitative estimate of drug-likeness (QED) is 0.447. The number of amides is 1. The number of nitrogens with zero attached hydrogens (tertiary/aromatic N) is 2. The normalized spacial score (nSPS) is 19.7.